The van der Waals surface area contributed by atoms with Crippen molar-refractivity contribution in [2.75, 3.05) is 0 Å². The van der Waals surface area contributed by atoms with Gasteiger partial charge in [-0.1, -0.05) is 96.1 Å². The topological polar surface area (TPSA) is 0 Å². The van der Waals surface area contributed by atoms with E-state index in [2.05, 4.69) is 90.7 Å². The van der Waals surface area contributed by atoms with E-state index < -0.39 is 0 Å². The lowest BCUT2D eigenvalue weighted by Gasteiger charge is -2.47. The van der Waals surface area contributed by atoms with Gasteiger partial charge in [0.15, 0.2) is 0 Å². The summed E-state index contributed by atoms with van der Waals surface area (Å²) in [5.41, 5.74) is 7.89. The summed E-state index contributed by atoms with van der Waals surface area (Å²) in [5, 5.41) is 1.70. The quantitative estimate of drug-likeness (QED) is 0.391. The van der Waals surface area contributed by atoms with Crippen LogP contribution in [0, 0.1) is 17.8 Å². The molecule has 1 aliphatic heterocycles. The molecule has 1 aromatic carbocycles. The van der Waals surface area contributed by atoms with Crippen LogP contribution in [0.15, 0.2) is 111 Å². The Kier molecular flexibility index (Phi) is 4.82. The highest BCUT2D eigenvalue weighted by molar-refractivity contribution is 8.04. The van der Waals surface area contributed by atoms with E-state index in [4.69, 9.17) is 11.6 Å². The molecule has 0 N–H and O–H groups in total. The highest BCUT2D eigenvalue weighted by atomic mass is 35.5. The van der Waals surface area contributed by atoms with Gasteiger partial charge in [-0.15, -0.1) is 11.8 Å². The van der Waals surface area contributed by atoms with Gasteiger partial charge in [0, 0.05) is 32.4 Å². The summed E-state index contributed by atoms with van der Waals surface area (Å²) in [5.74, 6) is 1.57. The summed E-state index contributed by atoms with van der Waals surface area (Å²) in [6, 6.07) is 11.5. The highest BCUT2D eigenvalue weighted by Crippen LogP contribution is 2.64. The summed E-state index contributed by atoms with van der Waals surface area (Å²) >= 11 is 8.79. The fourth-order valence-electron chi connectivity index (χ4n) is 7.60. The summed E-state index contributed by atoms with van der Waals surface area (Å²) < 4.78 is 0. The number of allylic oxidation sites excluding steroid dienone is 13. The van der Waals surface area contributed by atoms with Gasteiger partial charge in [0.05, 0.1) is 0 Å². The summed E-state index contributed by atoms with van der Waals surface area (Å²) in [6.07, 6.45) is 26.4. The van der Waals surface area contributed by atoms with Crippen LogP contribution in [0.4, 0.5) is 0 Å². The van der Waals surface area contributed by atoms with Gasteiger partial charge in [-0.25, -0.2) is 0 Å². The first kappa shape index (κ1) is 20.4. The number of thioether (sulfide) groups is 1. The average Bonchev–Trinajstić information content (AvgIpc) is 3.39. The molecule has 0 amide bonds. The smallest absolute Gasteiger partial charge is 0.0322 e. The van der Waals surface area contributed by atoms with Gasteiger partial charge in [-0.2, -0.15) is 0 Å². The van der Waals surface area contributed by atoms with E-state index in [1.54, 1.807) is 11.1 Å². The molecule has 1 heterocycles. The third kappa shape index (κ3) is 2.85. The highest BCUT2D eigenvalue weighted by Gasteiger charge is 2.56. The molecule has 33 heavy (non-hydrogen) atoms. The predicted molar refractivity (Wildman–Crippen MR) is 141 cm³/mol. The van der Waals surface area contributed by atoms with Gasteiger partial charge in [0.2, 0.25) is 0 Å². The summed E-state index contributed by atoms with van der Waals surface area (Å²) in [6.45, 7) is 0. The Morgan fingerprint density at radius 3 is 2.79 bits per heavy atom. The second-order valence-electron chi connectivity index (χ2n) is 10.2. The summed E-state index contributed by atoms with van der Waals surface area (Å²) in [7, 11) is 0. The first-order valence-electron chi connectivity index (χ1n) is 12.6. The minimum absolute atomic E-state index is 0.0558. The first-order valence-corrected chi connectivity index (χ1v) is 13.8. The van der Waals surface area contributed by atoms with Gasteiger partial charge >= 0.3 is 0 Å². The molecule has 1 aromatic rings. The van der Waals surface area contributed by atoms with E-state index in [1.807, 2.05) is 0 Å². The van der Waals surface area contributed by atoms with Crippen molar-refractivity contribution >= 4 is 23.4 Å². The standard InChI is InChI=1S/C31H29ClS/c32-28-16-8-13-25-24-18-17-21(19-29(24)33-30(25)28)31(20-9-2-1-3-10-20)26-14-6-4-11-22(26)23-12-5-7-15-27(23)31/h1-6,9-13,17-18,21,24,26,29H,7-8,14-16,19H2. The average molecular weight is 469 g/mol. The Hall–Kier alpha value is -1.96. The van der Waals surface area contributed by atoms with Crippen molar-refractivity contribution in [2.24, 2.45) is 17.8 Å². The van der Waals surface area contributed by atoms with E-state index in [-0.39, 0.29) is 5.41 Å². The van der Waals surface area contributed by atoms with Crippen LogP contribution in [0.25, 0.3) is 0 Å². The molecule has 5 aliphatic carbocycles. The molecule has 0 bridgehead atoms. The van der Waals surface area contributed by atoms with Gasteiger partial charge < -0.3 is 0 Å². The zero-order valence-electron chi connectivity index (χ0n) is 18.8. The predicted octanol–water partition coefficient (Wildman–Crippen LogP) is 8.57. The minimum Gasteiger partial charge on any atom is -0.120 e. The van der Waals surface area contributed by atoms with E-state index >= 15 is 0 Å². The Balaban J connectivity index is 1.40. The molecular weight excluding hydrogens is 440 g/mol. The fourth-order valence-corrected chi connectivity index (χ4v) is 9.53. The van der Waals surface area contributed by atoms with Crippen molar-refractivity contribution in [3.63, 3.8) is 0 Å². The maximum Gasteiger partial charge on any atom is 0.0322 e. The molecular formula is C31H29ClS. The number of hydrogen-bond donors (Lipinski definition) is 0. The van der Waals surface area contributed by atoms with Gasteiger partial charge in [0.1, 0.15) is 0 Å². The fraction of sp³-hybridized carbons (Fsp3) is 0.355. The second-order valence-corrected chi connectivity index (χ2v) is 12.0. The Bertz CT molecular complexity index is 1220. The molecule has 7 rings (SSSR count). The van der Waals surface area contributed by atoms with E-state index in [0.29, 0.717) is 23.0 Å². The van der Waals surface area contributed by atoms with E-state index in [1.165, 1.54) is 34.5 Å². The molecule has 0 spiro atoms. The molecule has 166 valence electrons. The lowest BCUT2D eigenvalue weighted by atomic mass is 9.56. The van der Waals surface area contributed by atoms with Crippen LogP contribution in [-0.4, -0.2) is 5.25 Å². The monoisotopic (exact) mass is 468 g/mol. The lowest BCUT2D eigenvalue weighted by molar-refractivity contribution is 0.260. The first-order chi connectivity index (χ1) is 16.3. The molecule has 1 fully saturated rings. The number of halogens is 1. The molecule has 6 aliphatic rings. The van der Waals surface area contributed by atoms with Crippen molar-refractivity contribution in [3.8, 4) is 0 Å². The van der Waals surface area contributed by atoms with Gasteiger partial charge in [0.25, 0.3) is 0 Å². The van der Waals surface area contributed by atoms with Crippen molar-refractivity contribution in [3.05, 3.63) is 117 Å². The van der Waals surface area contributed by atoms with Crippen LogP contribution in [-0.2, 0) is 5.41 Å². The maximum atomic E-state index is 6.72. The zero-order chi connectivity index (χ0) is 22.0. The zero-order valence-corrected chi connectivity index (χ0v) is 20.4. The molecule has 0 saturated carbocycles. The van der Waals surface area contributed by atoms with Gasteiger partial charge in [-0.3, -0.25) is 0 Å². The van der Waals surface area contributed by atoms with E-state index in [9.17, 15) is 0 Å². The Morgan fingerprint density at radius 1 is 0.970 bits per heavy atom. The Morgan fingerprint density at radius 2 is 1.88 bits per heavy atom. The molecule has 0 aromatic heterocycles. The van der Waals surface area contributed by atoms with Crippen LogP contribution in [0.5, 0.6) is 0 Å². The SMILES string of the molecule is ClC1=C2SC3CC(C4(c5ccccc5)C5=C(C=CCC5)C5=CC=CCC54)C=CC3C2=CCC1. The van der Waals surface area contributed by atoms with Crippen molar-refractivity contribution in [1.29, 1.82) is 0 Å². The van der Waals surface area contributed by atoms with Gasteiger partial charge in [-0.05, 0) is 66.7 Å². The number of hydrogen-bond acceptors (Lipinski definition) is 1. The number of fused-ring (bicyclic) bond motifs is 5. The van der Waals surface area contributed by atoms with Crippen molar-refractivity contribution < 1.29 is 0 Å². The molecule has 5 unspecified atom stereocenters. The molecule has 1 saturated heterocycles. The number of rotatable bonds is 2. The van der Waals surface area contributed by atoms with Crippen LogP contribution < -0.4 is 0 Å². The normalized spacial score (nSPS) is 36.3. The summed E-state index contributed by atoms with van der Waals surface area (Å²) in [4.78, 5) is 1.39. The van der Waals surface area contributed by atoms with Crippen LogP contribution in [0.3, 0.4) is 0 Å². The molecule has 2 heteroatoms. The molecule has 0 nitrogen and oxygen atoms in total. The van der Waals surface area contributed by atoms with Crippen molar-refractivity contribution in [1.82, 2.24) is 0 Å². The maximum absolute atomic E-state index is 6.72. The number of benzene rings is 1. The van der Waals surface area contributed by atoms with Crippen LogP contribution in [0.1, 0.15) is 44.1 Å². The molecule has 5 atom stereocenters. The van der Waals surface area contributed by atoms with Crippen molar-refractivity contribution in [2.45, 2.75) is 49.2 Å². The largest absolute Gasteiger partial charge is 0.120 e. The third-order valence-corrected chi connectivity index (χ3v) is 10.8. The van der Waals surface area contributed by atoms with E-state index in [0.717, 1.165) is 30.7 Å². The Labute approximate surface area is 206 Å². The lowest BCUT2D eigenvalue weighted by Crippen LogP contribution is -2.44. The van der Waals surface area contributed by atoms with Crippen LogP contribution >= 0.6 is 23.4 Å². The minimum atomic E-state index is 0.0558. The van der Waals surface area contributed by atoms with Crippen LogP contribution in [0.2, 0.25) is 0 Å². The molecule has 0 radical (unpaired) electrons. The second kappa shape index (κ2) is 7.79. The third-order valence-electron chi connectivity index (χ3n) is 8.83.